The molecule has 0 bridgehead atoms. The molecule has 2 heterocycles. The quantitative estimate of drug-likeness (QED) is 0.657. The Balaban J connectivity index is 2.10. The molecular formula is C15H15ClN2S. The van der Waals surface area contributed by atoms with Crippen molar-refractivity contribution in [1.29, 1.82) is 0 Å². The number of thiophene rings is 1. The summed E-state index contributed by atoms with van der Waals surface area (Å²) in [7, 11) is 0. The van der Waals surface area contributed by atoms with Gasteiger partial charge in [0.2, 0.25) is 0 Å². The van der Waals surface area contributed by atoms with Crippen LogP contribution in [0.1, 0.15) is 17.0 Å². The van der Waals surface area contributed by atoms with Crippen LogP contribution in [-0.4, -0.2) is 15.4 Å². The summed E-state index contributed by atoms with van der Waals surface area (Å²) < 4.78 is 2.28. The maximum absolute atomic E-state index is 5.90. The molecule has 0 atom stereocenters. The summed E-state index contributed by atoms with van der Waals surface area (Å²) in [6.45, 7) is 2.97. The molecule has 0 saturated heterocycles. The summed E-state index contributed by atoms with van der Waals surface area (Å²) in [6, 6.07) is 8.59. The van der Waals surface area contributed by atoms with E-state index in [4.69, 9.17) is 16.6 Å². The van der Waals surface area contributed by atoms with Crippen LogP contribution < -0.4 is 0 Å². The lowest BCUT2D eigenvalue weighted by Crippen LogP contribution is -2.05. The molecule has 0 radical (unpaired) electrons. The average Bonchev–Trinajstić information content (AvgIpc) is 2.99. The van der Waals surface area contributed by atoms with Crippen molar-refractivity contribution in [3.05, 3.63) is 52.0 Å². The van der Waals surface area contributed by atoms with E-state index in [2.05, 4.69) is 46.5 Å². The Kier molecular flexibility index (Phi) is 3.58. The van der Waals surface area contributed by atoms with Crippen molar-refractivity contribution in [3.8, 4) is 0 Å². The van der Waals surface area contributed by atoms with Gasteiger partial charge in [0, 0.05) is 12.3 Å². The maximum Gasteiger partial charge on any atom is 0.111 e. The molecule has 3 aromatic rings. The van der Waals surface area contributed by atoms with E-state index in [1.807, 2.05) is 0 Å². The van der Waals surface area contributed by atoms with E-state index in [-0.39, 0.29) is 0 Å². The molecule has 0 N–H and O–H groups in total. The zero-order valence-corrected chi connectivity index (χ0v) is 12.3. The molecule has 0 aliphatic rings. The first-order valence-electron chi connectivity index (χ1n) is 6.31. The lowest BCUT2D eigenvalue weighted by Gasteiger charge is -2.07. The Hall–Kier alpha value is -1.32. The number of hydrogen-bond acceptors (Lipinski definition) is 2. The zero-order chi connectivity index (χ0) is 13.2. The van der Waals surface area contributed by atoms with Crippen LogP contribution >= 0.6 is 22.9 Å². The van der Waals surface area contributed by atoms with Crippen LogP contribution in [0, 0.1) is 6.92 Å². The topological polar surface area (TPSA) is 17.8 Å². The Morgan fingerprint density at radius 1 is 1.32 bits per heavy atom. The minimum absolute atomic E-state index is 0.603. The van der Waals surface area contributed by atoms with Crippen LogP contribution in [0.4, 0.5) is 0 Å². The third-order valence-corrected chi connectivity index (χ3v) is 4.14. The third-order valence-electron chi connectivity index (χ3n) is 3.22. The maximum atomic E-state index is 5.90. The van der Waals surface area contributed by atoms with Crippen LogP contribution in [0.25, 0.3) is 11.0 Å². The summed E-state index contributed by atoms with van der Waals surface area (Å²) >= 11 is 7.63. The zero-order valence-electron chi connectivity index (χ0n) is 10.8. The number of benzene rings is 1. The number of hydrogen-bond donors (Lipinski definition) is 0. The Bertz CT molecular complexity index is 686. The fraction of sp³-hybridized carbons (Fsp3) is 0.267. The molecule has 0 aliphatic carbocycles. The van der Waals surface area contributed by atoms with E-state index in [0.29, 0.717) is 5.88 Å². The molecule has 3 rings (SSSR count). The van der Waals surface area contributed by atoms with Crippen LogP contribution in [0.15, 0.2) is 35.0 Å². The number of rotatable bonds is 4. The highest BCUT2D eigenvalue weighted by atomic mass is 35.5. The largest absolute Gasteiger partial charge is 0.323 e. The molecule has 4 heteroatoms. The van der Waals surface area contributed by atoms with Crippen molar-refractivity contribution in [3.63, 3.8) is 0 Å². The second-order valence-electron chi connectivity index (χ2n) is 4.68. The molecule has 98 valence electrons. The standard InChI is InChI=1S/C15H15ClN2S/c1-11-2-3-14-13(8-11)17-15(4-6-16)18(14)9-12-5-7-19-10-12/h2-3,5,7-8,10H,4,6,9H2,1H3. The molecule has 0 fully saturated rings. The lowest BCUT2D eigenvalue weighted by molar-refractivity contribution is 0.756. The molecule has 0 unspecified atom stereocenters. The van der Waals surface area contributed by atoms with Gasteiger partial charge in [0.1, 0.15) is 5.82 Å². The Morgan fingerprint density at radius 3 is 2.95 bits per heavy atom. The summed E-state index contributed by atoms with van der Waals surface area (Å²) in [5, 5.41) is 4.30. The summed E-state index contributed by atoms with van der Waals surface area (Å²) in [5.74, 6) is 1.67. The normalized spacial score (nSPS) is 11.3. The van der Waals surface area contributed by atoms with Crippen LogP contribution in [-0.2, 0) is 13.0 Å². The second-order valence-corrected chi connectivity index (χ2v) is 5.83. The highest BCUT2D eigenvalue weighted by molar-refractivity contribution is 7.07. The van der Waals surface area contributed by atoms with Gasteiger partial charge in [-0.25, -0.2) is 4.98 Å². The van der Waals surface area contributed by atoms with Gasteiger partial charge in [0.15, 0.2) is 0 Å². The van der Waals surface area contributed by atoms with Crippen LogP contribution in [0.2, 0.25) is 0 Å². The first-order chi connectivity index (χ1) is 9.28. The number of halogens is 1. The minimum Gasteiger partial charge on any atom is -0.323 e. The van der Waals surface area contributed by atoms with Crippen molar-refractivity contribution in [2.75, 3.05) is 5.88 Å². The van der Waals surface area contributed by atoms with Crippen LogP contribution in [0.5, 0.6) is 0 Å². The van der Waals surface area contributed by atoms with E-state index in [1.165, 1.54) is 16.6 Å². The smallest absolute Gasteiger partial charge is 0.111 e. The molecule has 2 aromatic heterocycles. The van der Waals surface area contributed by atoms with Crippen molar-refractivity contribution < 1.29 is 0 Å². The SMILES string of the molecule is Cc1ccc2c(c1)nc(CCCl)n2Cc1ccsc1. The summed E-state index contributed by atoms with van der Waals surface area (Å²) in [6.07, 6.45) is 0.805. The molecule has 1 aromatic carbocycles. The molecule has 0 saturated carbocycles. The van der Waals surface area contributed by atoms with Gasteiger partial charge in [-0.3, -0.25) is 0 Å². The summed E-state index contributed by atoms with van der Waals surface area (Å²) in [4.78, 5) is 4.73. The molecule has 0 amide bonds. The number of aryl methyl sites for hydroxylation is 2. The van der Waals surface area contributed by atoms with Gasteiger partial charge < -0.3 is 4.57 Å². The van der Waals surface area contributed by atoms with Crippen molar-refractivity contribution in [1.82, 2.24) is 9.55 Å². The molecule has 0 spiro atoms. The fourth-order valence-corrected chi connectivity index (χ4v) is 3.14. The first-order valence-corrected chi connectivity index (χ1v) is 7.78. The molecule has 19 heavy (non-hydrogen) atoms. The fourth-order valence-electron chi connectivity index (χ4n) is 2.31. The number of aromatic nitrogens is 2. The van der Waals surface area contributed by atoms with Gasteiger partial charge in [-0.15, -0.1) is 11.6 Å². The van der Waals surface area contributed by atoms with Crippen molar-refractivity contribution >= 4 is 34.0 Å². The predicted molar refractivity (Wildman–Crippen MR) is 82.3 cm³/mol. The number of alkyl halides is 1. The van der Waals surface area contributed by atoms with E-state index >= 15 is 0 Å². The van der Waals surface area contributed by atoms with Gasteiger partial charge in [0.05, 0.1) is 17.6 Å². The highest BCUT2D eigenvalue weighted by Gasteiger charge is 2.11. The van der Waals surface area contributed by atoms with Gasteiger partial charge >= 0.3 is 0 Å². The first kappa shape index (κ1) is 12.7. The van der Waals surface area contributed by atoms with Gasteiger partial charge in [-0.1, -0.05) is 6.07 Å². The van der Waals surface area contributed by atoms with Crippen molar-refractivity contribution in [2.45, 2.75) is 19.9 Å². The Morgan fingerprint density at radius 2 is 2.21 bits per heavy atom. The predicted octanol–water partition coefficient (Wildman–Crippen LogP) is 4.24. The molecule has 0 aliphatic heterocycles. The molecular weight excluding hydrogens is 276 g/mol. The summed E-state index contributed by atoms with van der Waals surface area (Å²) in [5.41, 5.74) is 4.82. The highest BCUT2D eigenvalue weighted by Crippen LogP contribution is 2.20. The monoisotopic (exact) mass is 290 g/mol. The van der Waals surface area contributed by atoms with Gasteiger partial charge in [-0.2, -0.15) is 11.3 Å². The van der Waals surface area contributed by atoms with E-state index in [0.717, 1.165) is 24.3 Å². The van der Waals surface area contributed by atoms with Crippen molar-refractivity contribution in [2.24, 2.45) is 0 Å². The van der Waals surface area contributed by atoms with E-state index < -0.39 is 0 Å². The van der Waals surface area contributed by atoms with E-state index in [1.54, 1.807) is 11.3 Å². The minimum atomic E-state index is 0.603. The van der Waals surface area contributed by atoms with Crippen LogP contribution in [0.3, 0.4) is 0 Å². The number of imidazole rings is 1. The Labute approximate surface area is 121 Å². The van der Waals surface area contributed by atoms with E-state index in [9.17, 15) is 0 Å². The second kappa shape index (κ2) is 5.35. The number of fused-ring (bicyclic) bond motifs is 1. The van der Waals surface area contributed by atoms with Gasteiger partial charge in [-0.05, 0) is 47.0 Å². The lowest BCUT2D eigenvalue weighted by atomic mass is 10.2. The third kappa shape index (κ3) is 2.53. The molecule has 2 nitrogen and oxygen atoms in total. The number of nitrogens with zero attached hydrogens (tertiary/aromatic N) is 2. The average molecular weight is 291 g/mol. The van der Waals surface area contributed by atoms with Gasteiger partial charge in [0.25, 0.3) is 0 Å².